The van der Waals surface area contributed by atoms with Gasteiger partial charge in [-0.15, -0.1) is 0 Å². The van der Waals surface area contributed by atoms with E-state index in [1.54, 1.807) is 12.1 Å². The zero-order valence-electron chi connectivity index (χ0n) is 11.4. The summed E-state index contributed by atoms with van der Waals surface area (Å²) in [5.74, 6) is -0.143. The Kier molecular flexibility index (Phi) is 3.71. The number of aromatic amines is 1. The Morgan fingerprint density at radius 1 is 1.24 bits per heavy atom. The summed E-state index contributed by atoms with van der Waals surface area (Å²) in [6.45, 7) is 0.621. The molecule has 2 N–H and O–H groups in total. The predicted molar refractivity (Wildman–Crippen MR) is 83.6 cm³/mol. The van der Waals surface area contributed by atoms with Gasteiger partial charge in [-0.25, -0.2) is 4.39 Å². The van der Waals surface area contributed by atoms with E-state index in [4.69, 9.17) is 16.3 Å². The summed E-state index contributed by atoms with van der Waals surface area (Å²) in [6.07, 6.45) is 1.94. The molecule has 0 saturated carbocycles. The van der Waals surface area contributed by atoms with Crippen LogP contribution in [0.4, 0.5) is 10.1 Å². The minimum Gasteiger partial charge on any atom is -0.494 e. The standard InChI is InChI=1S/C16H14ClFN2O/c1-21-16-7-12(3-5-14(16)18)19-8-10-9-20-15-6-11(17)2-4-13(10)15/h2-7,9,19-20H,8H2,1H3. The predicted octanol–water partition coefficient (Wildman–Crippen LogP) is 4.58. The first-order valence-electron chi connectivity index (χ1n) is 6.50. The molecule has 0 aliphatic heterocycles. The van der Waals surface area contributed by atoms with Gasteiger partial charge >= 0.3 is 0 Å². The number of rotatable bonds is 4. The first-order valence-corrected chi connectivity index (χ1v) is 6.88. The Labute approximate surface area is 126 Å². The molecule has 0 unspecified atom stereocenters. The third-order valence-corrected chi connectivity index (χ3v) is 3.60. The molecule has 21 heavy (non-hydrogen) atoms. The third kappa shape index (κ3) is 2.81. The number of nitrogens with one attached hydrogen (secondary N) is 2. The van der Waals surface area contributed by atoms with Gasteiger partial charge in [0.25, 0.3) is 0 Å². The lowest BCUT2D eigenvalue weighted by Crippen LogP contribution is -1.99. The molecule has 5 heteroatoms. The van der Waals surface area contributed by atoms with E-state index in [0.717, 1.165) is 22.2 Å². The van der Waals surface area contributed by atoms with Gasteiger partial charge in [0.1, 0.15) is 0 Å². The van der Waals surface area contributed by atoms with Gasteiger partial charge < -0.3 is 15.0 Å². The van der Waals surface area contributed by atoms with Crippen molar-refractivity contribution in [1.82, 2.24) is 4.98 Å². The number of ether oxygens (including phenoxy) is 1. The number of benzene rings is 2. The quantitative estimate of drug-likeness (QED) is 0.740. The van der Waals surface area contributed by atoms with Crippen LogP contribution in [0.5, 0.6) is 5.75 Å². The highest BCUT2D eigenvalue weighted by Crippen LogP contribution is 2.25. The molecule has 0 bridgehead atoms. The van der Waals surface area contributed by atoms with Crippen LogP contribution in [0.2, 0.25) is 5.02 Å². The van der Waals surface area contributed by atoms with Crippen molar-refractivity contribution in [1.29, 1.82) is 0 Å². The van der Waals surface area contributed by atoms with Crippen molar-refractivity contribution in [3.05, 3.63) is 59.0 Å². The fraction of sp³-hybridized carbons (Fsp3) is 0.125. The molecule has 3 nitrogen and oxygen atoms in total. The van der Waals surface area contributed by atoms with E-state index in [1.807, 2.05) is 24.4 Å². The maximum Gasteiger partial charge on any atom is 0.165 e. The number of anilines is 1. The number of H-pyrrole nitrogens is 1. The number of hydrogen-bond donors (Lipinski definition) is 2. The highest BCUT2D eigenvalue weighted by Gasteiger charge is 2.06. The highest BCUT2D eigenvalue weighted by molar-refractivity contribution is 6.31. The Hall–Kier alpha value is -2.20. The molecule has 108 valence electrons. The van der Waals surface area contributed by atoms with Crippen molar-refractivity contribution in [2.45, 2.75) is 6.54 Å². The van der Waals surface area contributed by atoms with Crippen LogP contribution in [0, 0.1) is 5.82 Å². The van der Waals surface area contributed by atoms with Gasteiger partial charge in [0.15, 0.2) is 11.6 Å². The van der Waals surface area contributed by atoms with E-state index >= 15 is 0 Å². The Morgan fingerprint density at radius 3 is 2.90 bits per heavy atom. The van der Waals surface area contributed by atoms with Crippen molar-refractivity contribution in [2.75, 3.05) is 12.4 Å². The zero-order chi connectivity index (χ0) is 14.8. The molecular formula is C16H14ClFN2O. The minimum atomic E-state index is -0.371. The largest absolute Gasteiger partial charge is 0.494 e. The van der Waals surface area contributed by atoms with Gasteiger partial charge in [0, 0.05) is 40.4 Å². The fourth-order valence-corrected chi connectivity index (χ4v) is 2.44. The van der Waals surface area contributed by atoms with E-state index in [9.17, 15) is 4.39 Å². The van der Waals surface area contributed by atoms with Crippen molar-refractivity contribution in [3.8, 4) is 5.75 Å². The van der Waals surface area contributed by atoms with Gasteiger partial charge in [0.2, 0.25) is 0 Å². The molecule has 3 aromatic rings. The Balaban J connectivity index is 1.80. The van der Waals surface area contributed by atoms with Crippen LogP contribution < -0.4 is 10.1 Å². The van der Waals surface area contributed by atoms with Crippen molar-refractivity contribution < 1.29 is 9.13 Å². The van der Waals surface area contributed by atoms with Crippen molar-refractivity contribution in [3.63, 3.8) is 0 Å². The van der Waals surface area contributed by atoms with Crippen LogP contribution in [0.25, 0.3) is 10.9 Å². The van der Waals surface area contributed by atoms with Crippen LogP contribution >= 0.6 is 11.6 Å². The summed E-state index contributed by atoms with van der Waals surface area (Å²) in [4.78, 5) is 3.19. The monoisotopic (exact) mass is 304 g/mol. The summed E-state index contributed by atoms with van der Waals surface area (Å²) >= 11 is 5.96. The molecule has 0 fully saturated rings. The van der Waals surface area contributed by atoms with Gasteiger partial charge in [-0.2, -0.15) is 0 Å². The molecule has 1 aromatic heterocycles. The van der Waals surface area contributed by atoms with Crippen LogP contribution in [-0.4, -0.2) is 12.1 Å². The Bertz CT molecular complexity index is 785. The first-order chi connectivity index (χ1) is 10.2. The number of methoxy groups -OCH3 is 1. The second kappa shape index (κ2) is 5.66. The van der Waals surface area contributed by atoms with Gasteiger partial charge in [-0.05, 0) is 29.8 Å². The molecule has 0 radical (unpaired) electrons. The smallest absolute Gasteiger partial charge is 0.165 e. The van der Waals surface area contributed by atoms with Crippen molar-refractivity contribution in [2.24, 2.45) is 0 Å². The average Bonchev–Trinajstić information content (AvgIpc) is 2.88. The van der Waals surface area contributed by atoms with Crippen LogP contribution in [-0.2, 0) is 6.54 Å². The first kappa shape index (κ1) is 13.8. The third-order valence-electron chi connectivity index (χ3n) is 3.36. The summed E-state index contributed by atoms with van der Waals surface area (Å²) in [5.41, 5.74) is 2.91. The second-order valence-corrected chi connectivity index (χ2v) is 5.14. The fourth-order valence-electron chi connectivity index (χ4n) is 2.27. The normalized spacial score (nSPS) is 10.8. The van der Waals surface area contributed by atoms with Crippen LogP contribution in [0.3, 0.4) is 0 Å². The van der Waals surface area contributed by atoms with E-state index < -0.39 is 0 Å². The molecule has 0 atom stereocenters. The maximum absolute atomic E-state index is 13.4. The van der Waals surface area contributed by atoms with Gasteiger partial charge in [0.05, 0.1) is 7.11 Å². The molecule has 3 rings (SSSR count). The minimum absolute atomic E-state index is 0.228. The molecular weight excluding hydrogens is 291 g/mol. The lowest BCUT2D eigenvalue weighted by atomic mass is 10.1. The number of halogens is 2. The van der Waals surface area contributed by atoms with Crippen molar-refractivity contribution >= 4 is 28.2 Å². The summed E-state index contributed by atoms with van der Waals surface area (Å²) < 4.78 is 18.3. The number of hydrogen-bond acceptors (Lipinski definition) is 2. The van der Waals surface area contributed by atoms with Crippen LogP contribution in [0.1, 0.15) is 5.56 Å². The lowest BCUT2D eigenvalue weighted by molar-refractivity contribution is 0.387. The number of aromatic nitrogens is 1. The van der Waals surface area contributed by atoms with E-state index in [0.29, 0.717) is 11.6 Å². The Morgan fingerprint density at radius 2 is 2.10 bits per heavy atom. The summed E-state index contributed by atoms with van der Waals surface area (Å²) in [5, 5.41) is 5.07. The van der Waals surface area contributed by atoms with Gasteiger partial charge in [-0.3, -0.25) is 0 Å². The molecule has 0 saturated heterocycles. The molecule has 0 aliphatic carbocycles. The molecule has 2 aromatic carbocycles. The SMILES string of the molecule is COc1cc(NCc2c[nH]c3cc(Cl)ccc23)ccc1F. The molecule has 1 heterocycles. The van der Waals surface area contributed by atoms with Crippen LogP contribution in [0.15, 0.2) is 42.6 Å². The summed E-state index contributed by atoms with van der Waals surface area (Å²) in [6, 6.07) is 10.4. The second-order valence-electron chi connectivity index (χ2n) is 4.71. The lowest BCUT2D eigenvalue weighted by Gasteiger charge is -2.08. The molecule has 0 spiro atoms. The van der Waals surface area contributed by atoms with Gasteiger partial charge in [-0.1, -0.05) is 17.7 Å². The number of fused-ring (bicyclic) bond motifs is 1. The maximum atomic E-state index is 13.4. The summed E-state index contributed by atoms with van der Waals surface area (Å²) in [7, 11) is 1.45. The topological polar surface area (TPSA) is 37.0 Å². The average molecular weight is 305 g/mol. The highest BCUT2D eigenvalue weighted by atomic mass is 35.5. The van der Waals surface area contributed by atoms with E-state index in [-0.39, 0.29) is 11.6 Å². The molecule has 0 amide bonds. The molecule has 0 aliphatic rings. The van der Waals surface area contributed by atoms with E-state index in [1.165, 1.54) is 13.2 Å². The zero-order valence-corrected chi connectivity index (χ0v) is 12.2. The van der Waals surface area contributed by atoms with E-state index in [2.05, 4.69) is 10.3 Å².